The van der Waals surface area contributed by atoms with Gasteiger partial charge in [-0.15, -0.1) is 0 Å². The van der Waals surface area contributed by atoms with E-state index < -0.39 is 5.97 Å². The molecule has 21 heavy (non-hydrogen) atoms. The molecule has 0 bridgehead atoms. The Kier molecular flexibility index (Phi) is 4.12. The van der Waals surface area contributed by atoms with E-state index in [1.807, 2.05) is 13.0 Å². The smallest absolute Gasteiger partial charge is 0.374 e. The maximum atomic E-state index is 11.6. The first-order chi connectivity index (χ1) is 10.2. The summed E-state index contributed by atoms with van der Waals surface area (Å²) in [5, 5.41) is 4.34. The van der Waals surface area contributed by atoms with Crippen LogP contribution < -0.4 is 0 Å². The van der Waals surface area contributed by atoms with Gasteiger partial charge in [0.05, 0.1) is 13.7 Å². The Morgan fingerprint density at radius 3 is 3.14 bits per heavy atom. The molecule has 4 nitrogen and oxygen atoms in total. The Hall–Kier alpha value is -1.59. The molecule has 1 saturated heterocycles. The minimum Gasteiger partial charge on any atom is -0.463 e. The average molecular weight is 305 g/mol. The van der Waals surface area contributed by atoms with Crippen LogP contribution >= 0.6 is 11.3 Å². The van der Waals surface area contributed by atoms with Crippen LogP contribution in [0.3, 0.4) is 0 Å². The van der Waals surface area contributed by atoms with Crippen molar-refractivity contribution in [2.45, 2.75) is 32.4 Å². The Bertz CT molecular complexity index is 618. The molecule has 1 aliphatic heterocycles. The lowest BCUT2D eigenvalue weighted by Crippen LogP contribution is -2.22. The molecule has 112 valence electrons. The highest BCUT2D eigenvalue weighted by Gasteiger charge is 2.27. The van der Waals surface area contributed by atoms with Gasteiger partial charge in [0.2, 0.25) is 5.76 Å². The molecule has 3 rings (SSSR count). The van der Waals surface area contributed by atoms with Crippen molar-refractivity contribution in [2.75, 3.05) is 13.7 Å². The highest BCUT2D eigenvalue weighted by molar-refractivity contribution is 7.07. The number of esters is 1. The second-order valence-electron chi connectivity index (χ2n) is 5.40. The molecule has 0 unspecified atom stereocenters. The van der Waals surface area contributed by atoms with Gasteiger partial charge in [-0.25, -0.2) is 4.79 Å². The summed E-state index contributed by atoms with van der Waals surface area (Å²) in [4.78, 5) is 14.0. The molecule has 0 spiro atoms. The molecule has 2 aromatic heterocycles. The van der Waals surface area contributed by atoms with Gasteiger partial charge in [0.15, 0.2) is 0 Å². The summed E-state index contributed by atoms with van der Waals surface area (Å²) in [5.41, 5.74) is 2.22. The van der Waals surface area contributed by atoms with Crippen molar-refractivity contribution in [1.82, 2.24) is 4.90 Å². The molecule has 1 aliphatic rings. The zero-order valence-corrected chi connectivity index (χ0v) is 13.1. The number of aryl methyl sites for hydroxylation is 1. The first kappa shape index (κ1) is 14.4. The van der Waals surface area contributed by atoms with Crippen LogP contribution in [0, 0.1) is 6.92 Å². The Labute approximate surface area is 128 Å². The average Bonchev–Trinajstić information content (AvgIpc) is 3.18. The monoisotopic (exact) mass is 305 g/mol. The largest absolute Gasteiger partial charge is 0.463 e. The Balaban J connectivity index is 1.75. The van der Waals surface area contributed by atoms with E-state index in [2.05, 4.69) is 21.7 Å². The van der Waals surface area contributed by atoms with Gasteiger partial charge in [0.1, 0.15) is 5.76 Å². The third-order valence-electron chi connectivity index (χ3n) is 3.99. The summed E-state index contributed by atoms with van der Waals surface area (Å²) in [6, 6.07) is 4.60. The predicted octanol–water partition coefficient (Wildman–Crippen LogP) is 3.77. The number of ether oxygens (including phenoxy) is 1. The van der Waals surface area contributed by atoms with E-state index in [9.17, 15) is 4.79 Å². The summed E-state index contributed by atoms with van der Waals surface area (Å²) >= 11 is 1.74. The van der Waals surface area contributed by atoms with Crippen molar-refractivity contribution >= 4 is 17.3 Å². The number of thiophene rings is 1. The third kappa shape index (κ3) is 2.89. The van der Waals surface area contributed by atoms with E-state index >= 15 is 0 Å². The van der Waals surface area contributed by atoms with Crippen LogP contribution in [0.15, 0.2) is 27.3 Å². The van der Waals surface area contributed by atoms with Crippen LogP contribution in [-0.2, 0) is 11.3 Å². The number of carbonyl (C=O) groups is 1. The van der Waals surface area contributed by atoms with Gasteiger partial charge < -0.3 is 9.15 Å². The molecule has 0 amide bonds. The highest BCUT2D eigenvalue weighted by Crippen LogP contribution is 2.34. The van der Waals surface area contributed by atoms with E-state index in [1.54, 1.807) is 11.3 Å². The van der Waals surface area contributed by atoms with Gasteiger partial charge >= 0.3 is 5.97 Å². The summed E-state index contributed by atoms with van der Waals surface area (Å²) in [6.45, 7) is 3.67. The minimum atomic E-state index is -0.408. The predicted molar refractivity (Wildman–Crippen MR) is 81.5 cm³/mol. The van der Waals surface area contributed by atoms with Crippen molar-refractivity contribution < 1.29 is 13.9 Å². The van der Waals surface area contributed by atoms with Crippen molar-refractivity contribution in [1.29, 1.82) is 0 Å². The van der Waals surface area contributed by atoms with Crippen LogP contribution in [0.5, 0.6) is 0 Å². The van der Waals surface area contributed by atoms with Crippen molar-refractivity contribution in [2.24, 2.45) is 0 Å². The summed E-state index contributed by atoms with van der Waals surface area (Å²) < 4.78 is 10.4. The van der Waals surface area contributed by atoms with Crippen molar-refractivity contribution in [3.8, 4) is 0 Å². The highest BCUT2D eigenvalue weighted by atomic mass is 32.1. The van der Waals surface area contributed by atoms with Gasteiger partial charge in [-0.05, 0) is 54.8 Å². The molecular weight excluding hydrogens is 286 g/mol. The fourth-order valence-electron chi connectivity index (χ4n) is 2.98. The molecule has 0 aliphatic carbocycles. The molecule has 0 radical (unpaired) electrons. The second kappa shape index (κ2) is 6.03. The number of furan rings is 1. The van der Waals surface area contributed by atoms with Crippen LogP contribution in [0.25, 0.3) is 0 Å². The quantitative estimate of drug-likeness (QED) is 0.806. The molecular formula is C16H19NO3S. The first-order valence-electron chi connectivity index (χ1n) is 7.13. The van der Waals surface area contributed by atoms with Gasteiger partial charge in [-0.2, -0.15) is 11.3 Å². The SMILES string of the molecule is COC(=O)c1oc(CN2CCC[C@H]2c2ccsc2)cc1C. The minimum absolute atomic E-state index is 0.318. The first-order valence-corrected chi connectivity index (χ1v) is 8.07. The number of carbonyl (C=O) groups excluding carboxylic acids is 1. The van der Waals surface area contributed by atoms with Crippen molar-refractivity contribution in [3.05, 3.63) is 45.5 Å². The maximum Gasteiger partial charge on any atom is 0.374 e. The molecule has 1 atom stereocenters. The van der Waals surface area contributed by atoms with E-state index in [-0.39, 0.29) is 0 Å². The number of nitrogens with zero attached hydrogens (tertiary/aromatic N) is 1. The van der Waals surface area contributed by atoms with Crippen LogP contribution in [0.1, 0.15) is 46.3 Å². The lowest BCUT2D eigenvalue weighted by molar-refractivity contribution is 0.0559. The number of hydrogen-bond acceptors (Lipinski definition) is 5. The van der Waals surface area contributed by atoms with Gasteiger partial charge in [-0.3, -0.25) is 4.90 Å². The number of hydrogen-bond donors (Lipinski definition) is 0. The lowest BCUT2D eigenvalue weighted by atomic mass is 10.1. The molecule has 0 aromatic carbocycles. The van der Waals surface area contributed by atoms with Crippen molar-refractivity contribution in [3.63, 3.8) is 0 Å². The normalized spacial score (nSPS) is 19.0. The van der Waals surface area contributed by atoms with Crippen LogP contribution in [-0.4, -0.2) is 24.5 Å². The molecule has 2 aromatic rings. The molecule has 0 N–H and O–H groups in total. The van der Waals surface area contributed by atoms with Gasteiger partial charge in [-0.1, -0.05) is 0 Å². The number of methoxy groups -OCH3 is 1. The second-order valence-corrected chi connectivity index (χ2v) is 6.18. The fourth-order valence-corrected chi connectivity index (χ4v) is 3.69. The van der Waals surface area contributed by atoms with E-state index in [0.717, 1.165) is 24.4 Å². The Morgan fingerprint density at radius 1 is 1.57 bits per heavy atom. The standard InChI is InChI=1S/C16H19NO3S/c1-11-8-13(20-15(11)16(18)19-2)9-17-6-3-4-14(17)12-5-7-21-10-12/h5,7-8,10,14H,3-4,6,9H2,1-2H3/t14-/m0/s1. The number of likely N-dealkylation sites (tertiary alicyclic amines) is 1. The fraction of sp³-hybridized carbons (Fsp3) is 0.438. The van der Waals surface area contributed by atoms with Crippen LogP contribution in [0.4, 0.5) is 0 Å². The van der Waals surface area contributed by atoms with E-state index in [1.165, 1.54) is 25.5 Å². The topological polar surface area (TPSA) is 42.7 Å². The van der Waals surface area contributed by atoms with Crippen LogP contribution in [0.2, 0.25) is 0 Å². The zero-order valence-electron chi connectivity index (χ0n) is 12.3. The summed E-state index contributed by atoms with van der Waals surface area (Å²) in [5.74, 6) is 0.739. The Morgan fingerprint density at radius 2 is 2.43 bits per heavy atom. The lowest BCUT2D eigenvalue weighted by Gasteiger charge is -2.22. The number of rotatable bonds is 4. The van der Waals surface area contributed by atoms with E-state index in [4.69, 9.17) is 9.15 Å². The molecule has 0 saturated carbocycles. The maximum absolute atomic E-state index is 11.6. The molecule has 3 heterocycles. The van der Waals surface area contributed by atoms with E-state index in [0.29, 0.717) is 11.8 Å². The summed E-state index contributed by atoms with van der Waals surface area (Å²) in [7, 11) is 1.37. The zero-order chi connectivity index (χ0) is 14.8. The van der Waals surface area contributed by atoms with Gasteiger partial charge in [0, 0.05) is 11.6 Å². The molecule has 1 fully saturated rings. The third-order valence-corrected chi connectivity index (χ3v) is 4.69. The molecule has 5 heteroatoms. The summed E-state index contributed by atoms with van der Waals surface area (Å²) in [6.07, 6.45) is 2.38. The van der Waals surface area contributed by atoms with Gasteiger partial charge in [0.25, 0.3) is 0 Å².